The van der Waals surface area contributed by atoms with Gasteiger partial charge in [0.05, 0.1) is 12.1 Å². The third-order valence-corrected chi connectivity index (χ3v) is 8.51. The molecule has 1 heterocycles. The highest BCUT2D eigenvalue weighted by Crippen LogP contribution is 2.34. The molecule has 0 aromatic rings. The molecule has 15 heteroatoms. The highest BCUT2D eigenvalue weighted by atomic mass is 19.4. The molecule has 12 nitrogen and oxygen atoms in total. The van der Waals surface area contributed by atoms with Gasteiger partial charge < -0.3 is 31.5 Å². The van der Waals surface area contributed by atoms with Crippen LogP contribution in [0.25, 0.3) is 0 Å². The van der Waals surface area contributed by atoms with E-state index in [4.69, 9.17) is 5.73 Å². The standard InChI is InChI=1S/C33H51F3N6O6/c1-18(2)10-13-20-14-15-42(23(20)27(45)38-21(16-19-11-12-19)24(43)26(37)44)28(46)25(32(6,7)8)40-30(48)39-22(31(3,4)5)17-41(9)29(47)33(34,35)36/h13,19-23,25H,11-12,14-17H2,1-9H3,(H2,37,44)(H,38,45)(H2,39,40,48)/t20-,21?,22+,23-,25+/m0/s1. The maximum absolute atomic E-state index is 14.2. The summed E-state index contributed by atoms with van der Waals surface area (Å²) in [5.74, 6) is -5.75. The summed E-state index contributed by atoms with van der Waals surface area (Å²) < 4.78 is 39.1. The molecule has 1 saturated carbocycles. The van der Waals surface area contributed by atoms with Crippen molar-refractivity contribution in [3.05, 3.63) is 17.4 Å². The Kier molecular flexibility index (Phi) is 13.1. The molecular formula is C33H51F3N6O6. The largest absolute Gasteiger partial charge is 0.471 e. The molecule has 270 valence electrons. The Balaban J connectivity index is 2.38. The molecule has 48 heavy (non-hydrogen) atoms. The van der Waals surface area contributed by atoms with Crippen molar-refractivity contribution in [1.29, 1.82) is 0 Å². The number of amides is 6. The van der Waals surface area contributed by atoms with E-state index in [2.05, 4.69) is 21.7 Å². The minimum absolute atomic E-state index is 0.129. The zero-order valence-corrected chi connectivity index (χ0v) is 29.3. The summed E-state index contributed by atoms with van der Waals surface area (Å²) in [4.78, 5) is 79.5. The Morgan fingerprint density at radius 1 is 0.938 bits per heavy atom. The molecule has 2 aliphatic rings. The SMILES string of the molecule is CC(C)=C=C[C@H]1CCN(C(=O)[C@@H](NC(=O)N[C@H](CN(C)C(=O)C(F)(F)F)C(C)(C)C)C(C)(C)C)[C@@H]1C(=O)NC(CC1CC1)C(=O)C(N)=O. The van der Waals surface area contributed by atoms with Crippen LogP contribution in [0.1, 0.15) is 81.1 Å². The number of nitrogens with one attached hydrogen (secondary N) is 3. The van der Waals surface area contributed by atoms with Crippen LogP contribution in [0.15, 0.2) is 17.4 Å². The van der Waals surface area contributed by atoms with Gasteiger partial charge in [-0.1, -0.05) is 54.4 Å². The molecule has 0 radical (unpaired) electrons. The van der Waals surface area contributed by atoms with E-state index in [1.807, 2.05) is 13.8 Å². The fraction of sp³-hybridized carbons (Fsp3) is 0.727. The Morgan fingerprint density at radius 2 is 1.52 bits per heavy atom. The molecular weight excluding hydrogens is 633 g/mol. The van der Waals surface area contributed by atoms with Gasteiger partial charge in [-0.2, -0.15) is 13.2 Å². The maximum Gasteiger partial charge on any atom is 0.471 e. The minimum atomic E-state index is -5.09. The van der Waals surface area contributed by atoms with Crippen molar-refractivity contribution < 1.29 is 41.9 Å². The number of hydrogen-bond acceptors (Lipinski definition) is 6. The van der Waals surface area contributed by atoms with Crippen molar-refractivity contribution in [2.45, 2.75) is 111 Å². The minimum Gasteiger partial charge on any atom is -0.363 e. The first-order chi connectivity index (χ1) is 21.8. The zero-order valence-electron chi connectivity index (χ0n) is 29.3. The molecule has 5 N–H and O–H groups in total. The van der Waals surface area contributed by atoms with E-state index in [1.54, 1.807) is 47.6 Å². The molecule has 2 rings (SSSR count). The molecule has 1 unspecified atom stereocenters. The summed E-state index contributed by atoms with van der Waals surface area (Å²) >= 11 is 0. The molecule has 6 amide bonds. The predicted octanol–water partition coefficient (Wildman–Crippen LogP) is 2.81. The van der Waals surface area contributed by atoms with E-state index in [9.17, 15) is 41.9 Å². The van der Waals surface area contributed by atoms with Crippen LogP contribution in [0.3, 0.4) is 0 Å². The van der Waals surface area contributed by atoms with Crippen molar-refractivity contribution in [1.82, 2.24) is 25.8 Å². The molecule has 0 aromatic carbocycles. The van der Waals surface area contributed by atoms with Gasteiger partial charge in [-0.3, -0.25) is 24.0 Å². The lowest BCUT2D eigenvalue weighted by Crippen LogP contribution is -2.62. The average molecular weight is 685 g/mol. The van der Waals surface area contributed by atoms with E-state index in [0.29, 0.717) is 11.3 Å². The summed E-state index contributed by atoms with van der Waals surface area (Å²) in [5, 5.41) is 7.95. The van der Waals surface area contributed by atoms with Crippen LogP contribution in [0.4, 0.5) is 18.0 Å². The number of urea groups is 1. The van der Waals surface area contributed by atoms with E-state index in [1.165, 1.54) is 4.90 Å². The Hall–Kier alpha value is -3.87. The van der Waals surface area contributed by atoms with E-state index in [0.717, 1.165) is 25.5 Å². The quantitative estimate of drug-likeness (QED) is 0.182. The molecule has 0 spiro atoms. The normalized spacial score (nSPS) is 20.0. The maximum atomic E-state index is 14.2. The van der Waals surface area contributed by atoms with Crippen LogP contribution in [-0.4, -0.2) is 95.7 Å². The summed E-state index contributed by atoms with van der Waals surface area (Å²) in [6.45, 7) is 13.5. The van der Waals surface area contributed by atoms with Crippen LogP contribution < -0.4 is 21.7 Å². The first-order valence-corrected chi connectivity index (χ1v) is 16.1. The monoisotopic (exact) mass is 684 g/mol. The number of nitrogens with two attached hydrogens (primary N) is 1. The second kappa shape index (κ2) is 15.6. The van der Waals surface area contributed by atoms with Crippen molar-refractivity contribution in [3.63, 3.8) is 0 Å². The summed E-state index contributed by atoms with van der Waals surface area (Å²) in [7, 11) is 0.987. The number of likely N-dealkylation sites (N-methyl/N-ethyl adjacent to an activating group) is 1. The first-order valence-electron chi connectivity index (χ1n) is 16.1. The third kappa shape index (κ3) is 11.4. The number of halogens is 3. The van der Waals surface area contributed by atoms with Crippen LogP contribution in [-0.2, 0) is 24.0 Å². The fourth-order valence-corrected chi connectivity index (χ4v) is 5.45. The van der Waals surface area contributed by atoms with Crippen molar-refractivity contribution >= 4 is 35.4 Å². The Labute approximate surface area is 280 Å². The second-order valence-electron chi connectivity index (χ2n) is 15.2. The highest BCUT2D eigenvalue weighted by molar-refractivity contribution is 6.37. The molecule has 1 saturated heterocycles. The number of primary amides is 1. The number of carbonyl (C=O) groups is 6. The van der Waals surface area contributed by atoms with E-state index < -0.39 is 89.1 Å². The lowest BCUT2D eigenvalue weighted by atomic mass is 9.85. The second-order valence-corrected chi connectivity index (χ2v) is 15.2. The fourth-order valence-electron chi connectivity index (χ4n) is 5.45. The molecule has 0 aromatic heterocycles. The number of alkyl halides is 3. The smallest absolute Gasteiger partial charge is 0.363 e. The van der Waals surface area contributed by atoms with Gasteiger partial charge in [-0.15, -0.1) is 5.73 Å². The first kappa shape index (κ1) is 40.3. The molecule has 1 aliphatic heterocycles. The summed E-state index contributed by atoms with van der Waals surface area (Å²) in [6, 6.07) is -5.25. The summed E-state index contributed by atoms with van der Waals surface area (Å²) in [6.07, 6.45) is -1.08. The lowest BCUT2D eigenvalue weighted by molar-refractivity contribution is -0.184. The van der Waals surface area contributed by atoms with Gasteiger partial charge in [-0.05, 0) is 55.1 Å². The van der Waals surface area contributed by atoms with Crippen molar-refractivity contribution in [2.24, 2.45) is 28.4 Å². The van der Waals surface area contributed by atoms with Crippen LogP contribution in [0.2, 0.25) is 0 Å². The van der Waals surface area contributed by atoms with E-state index >= 15 is 0 Å². The third-order valence-electron chi connectivity index (χ3n) is 8.51. The Bertz CT molecular complexity index is 1320. The number of nitrogens with zero attached hydrogens (tertiary/aromatic N) is 2. The van der Waals surface area contributed by atoms with Gasteiger partial charge in [0.15, 0.2) is 0 Å². The molecule has 5 atom stereocenters. The number of ketones is 1. The predicted molar refractivity (Wildman–Crippen MR) is 172 cm³/mol. The number of rotatable bonds is 12. The van der Waals surface area contributed by atoms with Crippen LogP contribution in [0.5, 0.6) is 0 Å². The van der Waals surface area contributed by atoms with Gasteiger partial charge in [0.2, 0.25) is 17.6 Å². The molecule has 1 aliphatic carbocycles. The molecule has 0 bridgehead atoms. The van der Waals surface area contributed by atoms with Crippen molar-refractivity contribution in [2.75, 3.05) is 20.1 Å². The van der Waals surface area contributed by atoms with E-state index in [-0.39, 0.29) is 18.9 Å². The zero-order chi connectivity index (χ0) is 36.9. The number of Topliss-reactive ketones (excluding diaryl/α,β-unsaturated/α-hetero) is 1. The van der Waals surface area contributed by atoms with Gasteiger partial charge in [-0.25, -0.2) is 4.79 Å². The molecule has 2 fully saturated rings. The van der Waals surface area contributed by atoms with Crippen LogP contribution >= 0.6 is 0 Å². The average Bonchev–Trinajstić information content (AvgIpc) is 3.65. The summed E-state index contributed by atoms with van der Waals surface area (Å²) in [5.41, 5.74) is 7.48. The van der Waals surface area contributed by atoms with Gasteiger partial charge in [0, 0.05) is 26.1 Å². The number of carbonyl (C=O) groups excluding carboxylic acids is 6. The Morgan fingerprint density at radius 3 is 1.98 bits per heavy atom. The number of likely N-dealkylation sites (tertiary alicyclic amines) is 1. The highest BCUT2D eigenvalue weighted by Gasteiger charge is 2.47. The van der Waals surface area contributed by atoms with Gasteiger partial charge in [0.1, 0.15) is 12.1 Å². The number of hydrogen-bond donors (Lipinski definition) is 4. The van der Waals surface area contributed by atoms with Gasteiger partial charge in [0.25, 0.3) is 5.91 Å². The van der Waals surface area contributed by atoms with Gasteiger partial charge >= 0.3 is 18.1 Å². The topological polar surface area (TPSA) is 171 Å². The van der Waals surface area contributed by atoms with Crippen molar-refractivity contribution in [3.8, 4) is 0 Å². The van der Waals surface area contributed by atoms with Crippen LogP contribution in [0, 0.1) is 22.7 Å². The lowest BCUT2D eigenvalue weighted by Gasteiger charge is -2.38.